The first-order chi connectivity index (χ1) is 2.91. The van der Waals surface area contributed by atoms with Gasteiger partial charge in [-0.1, -0.05) is 6.82 Å². The number of nitriles is 2. The summed E-state index contributed by atoms with van der Waals surface area (Å²) in [7, 11) is 2.00. The van der Waals surface area contributed by atoms with E-state index in [1.54, 1.807) is 0 Å². The Hall–Kier alpha value is -0.955. The maximum Gasteiger partial charge on any atom is 0.181 e. The van der Waals surface area contributed by atoms with Gasteiger partial charge in [-0.3, -0.25) is 0 Å². The van der Waals surface area contributed by atoms with Gasteiger partial charge in [-0.2, -0.15) is 10.5 Å². The highest BCUT2D eigenvalue weighted by atomic mass is 14.3. The van der Waals surface area contributed by atoms with E-state index in [0.717, 1.165) is 0 Å². The van der Waals surface area contributed by atoms with E-state index in [-0.39, 0.29) is 0 Å². The highest BCUT2D eigenvalue weighted by Crippen LogP contribution is 1.27. The summed E-state index contributed by atoms with van der Waals surface area (Å²) >= 11 is 0. The second-order valence-electron chi connectivity index (χ2n) is 0.224. The summed E-state index contributed by atoms with van der Waals surface area (Å²) in [6, 6.07) is 2.47. The maximum absolute atomic E-state index is 7.26. The minimum Gasteiger partial charge on any atom is -0.181 e. The zero-order valence-corrected chi connectivity index (χ0v) is 3.89. The van der Waals surface area contributed by atoms with E-state index in [1.807, 2.05) is 14.7 Å². The lowest BCUT2D eigenvalue weighted by Gasteiger charge is -1.16. The van der Waals surface area contributed by atoms with Crippen molar-refractivity contribution in [3.8, 4) is 12.1 Å². The molecule has 0 radical (unpaired) electrons. The van der Waals surface area contributed by atoms with Gasteiger partial charge < -0.3 is 0 Å². The smallest absolute Gasteiger partial charge is 0.181 e. The van der Waals surface area contributed by atoms with E-state index >= 15 is 0 Å². The second-order valence-corrected chi connectivity index (χ2v) is 0.224. The van der Waals surface area contributed by atoms with Crippen molar-refractivity contribution >= 4 is 7.85 Å². The molecule has 0 unspecified atom stereocenters. The van der Waals surface area contributed by atoms with Crippen molar-refractivity contribution in [2.24, 2.45) is 0 Å². The van der Waals surface area contributed by atoms with Crippen molar-refractivity contribution < 1.29 is 0 Å². The van der Waals surface area contributed by atoms with Gasteiger partial charge in [0.1, 0.15) is 0 Å². The number of hydrogen-bond acceptors (Lipinski definition) is 2. The largest absolute Gasteiger partial charge is 0.181 e. The van der Waals surface area contributed by atoms with Gasteiger partial charge in [-0.25, -0.2) is 0 Å². The summed E-state index contributed by atoms with van der Waals surface area (Å²) in [5, 5.41) is 14.5. The van der Waals surface area contributed by atoms with Crippen LogP contribution < -0.4 is 0 Å². The van der Waals surface area contributed by atoms with Crippen molar-refractivity contribution in [1.29, 1.82) is 10.5 Å². The molecule has 0 aliphatic heterocycles. The molecule has 0 N–H and O–H groups in total. The first-order valence-corrected chi connectivity index (χ1v) is 1.70. The summed E-state index contributed by atoms with van der Waals surface area (Å²) in [6.07, 6.45) is 0. The number of rotatable bonds is 0. The van der Waals surface area contributed by atoms with E-state index in [2.05, 4.69) is 0 Å². The third-order valence-electron chi connectivity index (χ3n) is 0.0500. The fourth-order valence-corrected chi connectivity index (χ4v) is 0. The molecule has 0 aromatic rings. The highest BCUT2D eigenvalue weighted by molar-refractivity contribution is 6.05. The normalized spacial score (nSPS) is 2.50. The van der Waals surface area contributed by atoms with Crippen LogP contribution >= 0.6 is 0 Å². The van der Waals surface area contributed by atoms with Gasteiger partial charge in [0.2, 0.25) is 0 Å². The topological polar surface area (TPSA) is 47.6 Å². The molecule has 0 aliphatic rings. The average molecular weight is 79.9 g/mol. The van der Waals surface area contributed by atoms with Gasteiger partial charge in [-0.05, 0) is 0 Å². The standard InChI is InChI=1S/C2N2.CH5B/c3-1-2-4;1-2/h;2H2,1H3. The third kappa shape index (κ3) is 6310. The Morgan fingerprint density at radius 1 is 1.17 bits per heavy atom. The molecular formula is C3H5BN2. The van der Waals surface area contributed by atoms with Crippen LogP contribution in [-0.2, 0) is 0 Å². The SMILES string of the molecule is BC.N#CC#N. The van der Waals surface area contributed by atoms with Crippen LogP contribution in [0.25, 0.3) is 0 Å². The predicted molar refractivity (Wildman–Crippen MR) is 25.6 cm³/mol. The van der Waals surface area contributed by atoms with E-state index in [0.29, 0.717) is 0 Å². The molecule has 3 heteroatoms. The van der Waals surface area contributed by atoms with Crippen molar-refractivity contribution in [2.45, 2.75) is 6.82 Å². The first kappa shape index (κ1) is 8.90. The first-order valence-electron chi connectivity index (χ1n) is 1.70. The Kier molecular flexibility index (Phi) is 51.0. The summed E-state index contributed by atoms with van der Waals surface area (Å²) in [5.41, 5.74) is 0. The minimum absolute atomic E-state index is 1.24. The molecule has 30 valence electrons. The molecule has 0 rings (SSSR count). The van der Waals surface area contributed by atoms with Crippen LogP contribution in [0, 0.1) is 22.7 Å². The summed E-state index contributed by atoms with van der Waals surface area (Å²) < 4.78 is 0. The van der Waals surface area contributed by atoms with Crippen molar-refractivity contribution in [3.63, 3.8) is 0 Å². The van der Waals surface area contributed by atoms with Crippen LogP contribution in [0.4, 0.5) is 0 Å². The van der Waals surface area contributed by atoms with E-state index in [9.17, 15) is 0 Å². The molecule has 0 aromatic heterocycles. The van der Waals surface area contributed by atoms with Gasteiger partial charge in [0.05, 0.1) is 7.85 Å². The van der Waals surface area contributed by atoms with E-state index in [1.165, 1.54) is 12.1 Å². The summed E-state index contributed by atoms with van der Waals surface area (Å²) in [4.78, 5) is 0. The van der Waals surface area contributed by atoms with Gasteiger partial charge in [0.25, 0.3) is 0 Å². The van der Waals surface area contributed by atoms with Gasteiger partial charge in [0, 0.05) is 0 Å². The van der Waals surface area contributed by atoms with Crippen LogP contribution in [0.2, 0.25) is 6.82 Å². The number of nitrogens with zero attached hydrogens (tertiary/aromatic N) is 2. The van der Waals surface area contributed by atoms with Crippen molar-refractivity contribution in [1.82, 2.24) is 0 Å². The molecule has 0 aliphatic carbocycles. The number of hydrogen-bond donors (Lipinski definition) is 0. The van der Waals surface area contributed by atoms with Crippen LogP contribution in [-0.4, -0.2) is 7.85 Å². The molecule has 0 fully saturated rings. The molecule has 2 nitrogen and oxygen atoms in total. The summed E-state index contributed by atoms with van der Waals surface area (Å²) in [5.74, 6) is 0. The molecule has 0 amide bonds. The molecule has 0 bridgehead atoms. The Balaban J connectivity index is 0. The van der Waals surface area contributed by atoms with Crippen LogP contribution in [0.5, 0.6) is 0 Å². The van der Waals surface area contributed by atoms with E-state index in [4.69, 9.17) is 10.5 Å². The minimum atomic E-state index is 1.24. The molecular weight excluding hydrogens is 74.9 g/mol. The van der Waals surface area contributed by atoms with Crippen molar-refractivity contribution in [3.05, 3.63) is 0 Å². The van der Waals surface area contributed by atoms with Gasteiger partial charge in [0.15, 0.2) is 12.1 Å². The zero-order valence-electron chi connectivity index (χ0n) is 3.89. The van der Waals surface area contributed by atoms with Crippen LogP contribution in [0.1, 0.15) is 0 Å². The molecule has 0 spiro atoms. The maximum atomic E-state index is 7.26. The lowest BCUT2D eigenvalue weighted by Crippen LogP contribution is -1.26. The Bertz CT molecular complexity index is 63.8. The monoisotopic (exact) mass is 80.1 g/mol. The molecule has 0 saturated carbocycles. The van der Waals surface area contributed by atoms with Gasteiger partial charge in [-0.15, -0.1) is 0 Å². The highest BCUT2D eigenvalue weighted by Gasteiger charge is 1.39. The summed E-state index contributed by atoms with van der Waals surface area (Å²) in [6.45, 7) is 2.00. The third-order valence-corrected chi connectivity index (χ3v) is 0.0500. The Labute approximate surface area is 38.4 Å². The van der Waals surface area contributed by atoms with E-state index < -0.39 is 0 Å². The van der Waals surface area contributed by atoms with Gasteiger partial charge >= 0.3 is 0 Å². The predicted octanol–water partition coefficient (Wildman–Crippen LogP) is -0.299. The fraction of sp³-hybridized carbons (Fsp3) is 0.333. The Morgan fingerprint density at radius 3 is 1.33 bits per heavy atom. The molecule has 6 heavy (non-hydrogen) atoms. The molecule has 0 atom stereocenters. The lowest BCUT2D eigenvalue weighted by atomic mass is 10.2. The van der Waals surface area contributed by atoms with Crippen LogP contribution in [0.15, 0.2) is 0 Å². The van der Waals surface area contributed by atoms with Crippen LogP contribution in [0.3, 0.4) is 0 Å². The Morgan fingerprint density at radius 2 is 1.33 bits per heavy atom. The molecule has 0 aromatic carbocycles. The quantitative estimate of drug-likeness (QED) is 0.375. The molecule has 0 heterocycles. The fourth-order valence-electron chi connectivity index (χ4n) is 0. The lowest BCUT2D eigenvalue weighted by molar-refractivity contribution is 1.49. The second kappa shape index (κ2) is 34.3. The molecule has 0 saturated heterocycles. The van der Waals surface area contributed by atoms with Crippen molar-refractivity contribution in [2.75, 3.05) is 0 Å². The average Bonchev–Trinajstić information content (AvgIpc) is 1.72. The zero-order chi connectivity index (χ0) is 5.41.